The first-order valence-corrected chi connectivity index (χ1v) is 10.9. The molecule has 0 N–H and O–H groups in total. The topological polar surface area (TPSA) is 0 Å². The van der Waals surface area contributed by atoms with E-state index in [1.807, 2.05) is 0 Å². The van der Waals surface area contributed by atoms with Gasteiger partial charge in [-0.05, 0) is 46.5 Å². The Balaban J connectivity index is 0.000000152. The van der Waals surface area contributed by atoms with Gasteiger partial charge in [0.25, 0.3) is 0 Å². The number of alkyl halides is 2. The third-order valence-corrected chi connectivity index (χ3v) is 5.72. The lowest BCUT2D eigenvalue weighted by atomic mass is 10.1. The van der Waals surface area contributed by atoms with Crippen LogP contribution in [-0.4, -0.2) is 0 Å². The molecule has 0 aliphatic rings. The van der Waals surface area contributed by atoms with Gasteiger partial charge in [-0.2, -0.15) is 0 Å². The minimum Gasteiger partial charge on any atom is -0.0876 e. The van der Waals surface area contributed by atoms with E-state index < -0.39 is 0 Å². The summed E-state index contributed by atoms with van der Waals surface area (Å²) in [4.78, 5) is 0. The Morgan fingerprint density at radius 2 is 0.885 bits per heavy atom. The molecular weight excluding hydrogens is 448 g/mol. The van der Waals surface area contributed by atoms with Gasteiger partial charge in [-0.15, -0.1) is 0 Å². The van der Waals surface area contributed by atoms with Crippen LogP contribution >= 0.6 is 31.9 Å². The highest BCUT2D eigenvalue weighted by molar-refractivity contribution is 9.08. The maximum absolute atomic E-state index is 3.47. The summed E-state index contributed by atoms with van der Waals surface area (Å²) in [5, 5.41) is 7.13. The summed E-state index contributed by atoms with van der Waals surface area (Å²) in [5.74, 6) is 0. The minimum absolute atomic E-state index is 0.918. The smallest absolute Gasteiger partial charge is 0.0283 e. The van der Waals surface area contributed by atoms with Crippen molar-refractivity contribution in [3.8, 4) is 0 Å². The van der Waals surface area contributed by atoms with Gasteiger partial charge in [0.2, 0.25) is 0 Å². The Hall–Kier alpha value is -1.64. The molecule has 0 fully saturated rings. The van der Waals surface area contributed by atoms with Crippen LogP contribution in [0.25, 0.3) is 21.5 Å². The van der Waals surface area contributed by atoms with Crippen LogP contribution in [0.4, 0.5) is 0 Å². The molecule has 0 aliphatic carbocycles. The van der Waals surface area contributed by atoms with Crippen molar-refractivity contribution in [1.29, 1.82) is 0 Å². The molecule has 0 unspecified atom stereocenters. The van der Waals surface area contributed by atoms with E-state index in [1.165, 1.54) is 43.8 Å². The van der Waals surface area contributed by atoms with Gasteiger partial charge in [0.05, 0.1) is 0 Å². The van der Waals surface area contributed by atoms with Gasteiger partial charge in [0, 0.05) is 10.7 Å². The fourth-order valence-corrected chi connectivity index (χ4v) is 3.70. The van der Waals surface area contributed by atoms with E-state index in [0.29, 0.717) is 0 Å². The van der Waals surface area contributed by atoms with Gasteiger partial charge >= 0.3 is 0 Å². The molecule has 0 aliphatic heterocycles. The summed E-state index contributed by atoms with van der Waals surface area (Å²) in [6, 6.07) is 26.2. The van der Waals surface area contributed by atoms with Crippen LogP contribution in [0.15, 0.2) is 72.8 Å². The third kappa shape index (κ3) is 4.75. The Bertz CT molecular complexity index is 959. The zero-order valence-corrected chi connectivity index (χ0v) is 18.3. The standard InChI is InChI=1S/C12H10Br2.C12H12/c13-7-9-1-3-11-4-2-10(8-14)6-12(11)5-9;1-9-3-5-11-6-4-10(2)8-12(11)7-9/h1-6H,7-8H2;3-8H,1-2H3. The van der Waals surface area contributed by atoms with Gasteiger partial charge in [0.15, 0.2) is 0 Å². The summed E-state index contributed by atoms with van der Waals surface area (Å²) in [5.41, 5.74) is 5.30. The molecule has 0 atom stereocenters. The second kappa shape index (κ2) is 8.83. The minimum atomic E-state index is 0.918. The average molecular weight is 470 g/mol. The number of aryl methyl sites for hydroxylation is 2. The summed E-state index contributed by atoms with van der Waals surface area (Å²) < 4.78 is 0. The van der Waals surface area contributed by atoms with Crippen LogP contribution in [-0.2, 0) is 10.7 Å². The molecule has 0 heterocycles. The molecule has 4 aromatic rings. The highest BCUT2D eigenvalue weighted by Gasteiger charge is 1.97. The maximum Gasteiger partial charge on any atom is 0.0283 e. The van der Waals surface area contributed by atoms with Crippen LogP contribution in [0.5, 0.6) is 0 Å². The Kier molecular flexibility index (Phi) is 6.50. The lowest BCUT2D eigenvalue weighted by Gasteiger charge is -2.02. The molecule has 2 heteroatoms. The molecular formula is C24H22Br2. The number of rotatable bonds is 2. The number of hydrogen-bond donors (Lipinski definition) is 0. The SMILES string of the molecule is BrCc1ccc2ccc(CBr)cc2c1.Cc1ccc2ccc(C)cc2c1. The molecule has 0 saturated heterocycles. The normalized spacial score (nSPS) is 10.6. The fraction of sp³-hybridized carbons (Fsp3) is 0.167. The Morgan fingerprint density at radius 3 is 1.31 bits per heavy atom. The van der Waals surface area contributed by atoms with Crippen molar-refractivity contribution in [1.82, 2.24) is 0 Å². The van der Waals surface area contributed by atoms with Crippen molar-refractivity contribution < 1.29 is 0 Å². The van der Waals surface area contributed by atoms with Crippen LogP contribution in [0.2, 0.25) is 0 Å². The van der Waals surface area contributed by atoms with Crippen molar-refractivity contribution >= 4 is 53.4 Å². The van der Waals surface area contributed by atoms with Crippen molar-refractivity contribution in [3.05, 3.63) is 95.1 Å². The maximum atomic E-state index is 3.47. The molecule has 0 radical (unpaired) electrons. The highest BCUT2D eigenvalue weighted by atomic mass is 79.9. The second-order valence-electron chi connectivity index (χ2n) is 6.64. The van der Waals surface area contributed by atoms with Crippen LogP contribution in [0.3, 0.4) is 0 Å². The molecule has 0 nitrogen and oxygen atoms in total. The van der Waals surface area contributed by atoms with E-state index in [1.54, 1.807) is 0 Å². The van der Waals surface area contributed by atoms with Crippen molar-refractivity contribution in [2.24, 2.45) is 0 Å². The van der Waals surface area contributed by atoms with E-state index in [2.05, 4.69) is 119 Å². The summed E-state index contributed by atoms with van der Waals surface area (Å²) in [7, 11) is 0. The Morgan fingerprint density at radius 1 is 0.500 bits per heavy atom. The van der Waals surface area contributed by atoms with E-state index in [4.69, 9.17) is 0 Å². The molecule has 4 aromatic carbocycles. The number of hydrogen-bond acceptors (Lipinski definition) is 0. The zero-order valence-electron chi connectivity index (χ0n) is 15.1. The molecule has 4 rings (SSSR count). The quantitative estimate of drug-likeness (QED) is 0.260. The second-order valence-corrected chi connectivity index (χ2v) is 7.76. The first-order chi connectivity index (χ1) is 12.6. The first-order valence-electron chi connectivity index (χ1n) is 8.69. The predicted octanol–water partition coefficient (Wildman–Crippen LogP) is 8.09. The van der Waals surface area contributed by atoms with Gasteiger partial charge in [-0.3, -0.25) is 0 Å². The average Bonchev–Trinajstić information content (AvgIpc) is 2.67. The van der Waals surface area contributed by atoms with Gasteiger partial charge in [-0.1, -0.05) is 116 Å². The third-order valence-electron chi connectivity index (χ3n) is 4.43. The lowest BCUT2D eigenvalue weighted by Crippen LogP contribution is -1.81. The van der Waals surface area contributed by atoms with Crippen molar-refractivity contribution in [2.45, 2.75) is 24.5 Å². The molecule has 132 valence electrons. The number of halogens is 2. The van der Waals surface area contributed by atoms with Crippen LogP contribution < -0.4 is 0 Å². The van der Waals surface area contributed by atoms with Gasteiger partial charge in [0.1, 0.15) is 0 Å². The highest BCUT2D eigenvalue weighted by Crippen LogP contribution is 2.20. The van der Waals surface area contributed by atoms with E-state index in [9.17, 15) is 0 Å². The molecule has 26 heavy (non-hydrogen) atoms. The van der Waals surface area contributed by atoms with Gasteiger partial charge < -0.3 is 0 Å². The van der Waals surface area contributed by atoms with E-state index in [0.717, 1.165) is 10.7 Å². The lowest BCUT2D eigenvalue weighted by molar-refractivity contribution is 1.43. The van der Waals surface area contributed by atoms with E-state index in [-0.39, 0.29) is 0 Å². The predicted molar refractivity (Wildman–Crippen MR) is 123 cm³/mol. The monoisotopic (exact) mass is 468 g/mol. The largest absolute Gasteiger partial charge is 0.0876 e. The molecule has 0 bridgehead atoms. The summed E-state index contributed by atoms with van der Waals surface area (Å²) >= 11 is 6.94. The van der Waals surface area contributed by atoms with Crippen LogP contribution in [0.1, 0.15) is 22.3 Å². The number of benzene rings is 4. The molecule has 0 aromatic heterocycles. The summed E-state index contributed by atoms with van der Waals surface area (Å²) in [6.45, 7) is 4.25. The molecule has 0 spiro atoms. The first kappa shape index (κ1) is 19.1. The number of fused-ring (bicyclic) bond motifs is 2. The van der Waals surface area contributed by atoms with Gasteiger partial charge in [-0.25, -0.2) is 0 Å². The fourth-order valence-electron chi connectivity index (χ4n) is 3.00. The van der Waals surface area contributed by atoms with Crippen molar-refractivity contribution in [2.75, 3.05) is 0 Å². The summed E-state index contributed by atoms with van der Waals surface area (Å²) in [6.07, 6.45) is 0. The molecule has 0 saturated carbocycles. The zero-order chi connectivity index (χ0) is 18.5. The van der Waals surface area contributed by atoms with Crippen molar-refractivity contribution in [3.63, 3.8) is 0 Å². The van der Waals surface area contributed by atoms with Crippen LogP contribution in [0, 0.1) is 13.8 Å². The van der Waals surface area contributed by atoms with E-state index >= 15 is 0 Å². The molecule has 0 amide bonds. The Labute approximate surface area is 172 Å².